The minimum Gasteiger partial charge on any atom is -0.304 e. The Morgan fingerprint density at radius 2 is 1.78 bits per heavy atom. The first kappa shape index (κ1) is 14.9. The van der Waals surface area contributed by atoms with Crippen LogP contribution < -0.4 is 0 Å². The monoisotopic (exact) mass is 270 g/mol. The van der Waals surface area contributed by atoms with Crippen LogP contribution in [0.3, 0.4) is 0 Å². The Morgan fingerprint density at radius 1 is 1.22 bits per heavy atom. The molecule has 0 aliphatic heterocycles. The Hall–Kier alpha value is -1.16. The fourth-order valence-corrected chi connectivity index (χ4v) is 3.21. The molecule has 0 aliphatic rings. The molecule has 99 valence electrons. The van der Waals surface area contributed by atoms with Crippen molar-refractivity contribution in [1.29, 1.82) is 0 Å². The SMILES string of the molecule is CCOP(=O)(OCC)/C(=N\[O])c1ccccc1C. The fourth-order valence-electron chi connectivity index (χ4n) is 1.57. The lowest BCUT2D eigenvalue weighted by molar-refractivity contribution is 0.204. The minimum absolute atomic E-state index is 0.163. The molecule has 0 bridgehead atoms. The maximum Gasteiger partial charge on any atom is 0.383 e. The molecule has 0 saturated heterocycles. The van der Waals surface area contributed by atoms with Crippen LogP contribution in [0.25, 0.3) is 0 Å². The zero-order valence-electron chi connectivity index (χ0n) is 10.8. The van der Waals surface area contributed by atoms with Crippen LogP contribution in [-0.2, 0) is 18.8 Å². The molecule has 0 amide bonds. The highest BCUT2D eigenvalue weighted by Gasteiger charge is 2.34. The van der Waals surface area contributed by atoms with E-state index in [2.05, 4.69) is 5.16 Å². The molecule has 0 heterocycles. The van der Waals surface area contributed by atoms with Crippen molar-refractivity contribution in [2.45, 2.75) is 20.8 Å². The van der Waals surface area contributed by atoms with Crippen LogP contribution in [0.2, 0.25) is 0 Å². The summed E-state index contributed by atoms with van der Waals surface area (Å²) in [5.41, 5.74) is 1.13. The second-order valence-corrected chi connectivity index (χ2v) is 5.50. The Balaban J connectivity index is 3.24. The van der Waals surface area contributed by atoms with Gasteiger partial charge >= 0.3 is 7.60 Å². The van der Waals surface area contributed by atoms with Crippen molar-refractivity contribution in [2.75, 3.05) is 13.2 Å². The second-order valence-electron chi connectivity index (χ2n) is 3.56. The van der Waals surface area contributed by atoms with Crippen molar-refractivity contribution in [3.8, 4) is 0 Å². The van der Waals surface area contributed by atoms with E-state index in [1.807, 2.05) is 19.1 Å². The minimum atomic E-state index is -3.64. The largest absolute Gasteiger partial charge is 0.383 e. The Morgan fingerprint density at radius 3 is 2.22 bits per heavy atom. The second kappa shape index (κ2) is 6.69. The summed E-state index contributed by atoms with van der Waals surface area (Å²) in [4.78, 5) is 0. The van der Waals surface area contributed by atoms with Gasteiger partial charge in [-0.25, -0.2) is 0 Å². The molecule has 1 aromatic carbocycles. The van der Waals surface area contributed by atoms with Gasteiger partial charge in [0, 0.05) is 5.56 Å². The van der Waals surface area contributed by atoms with Crippen LogP contribution in [-0.4, -0.2) is 18.7 Å². The Kier molecular flexibility index (Phi) is 5.54. The Labute approximate surface area is 107 Å². The van der Waals surface area contributed by atoms with Crippen molar-refractivity contribution in [3.63, 3.8) is 0 Å². The van der Waals surface area contributed by atoms with Gasteiger partial charge in [-0.2, -0.15) is 0 Å². The van der Waals surface area contributed by atoms with E-state index in [0.717, 1.165) is 5.56 Å². The van der Waals surface area contributed by atoms with Gasteiger partial charge in [0.2, 0.25) is 5.45 Å². The van der Waals surface area contributed by atoms with E-state index in [1.165, 1.54) is 0 Å². The lowest BCUT2D eigenvalue weighted by atomic mass is 10.1. The van der Waals surface area contributed by atoms with Crippen molar-refractivity contribution < 1.29 is 18.8 Å². The number of hydrogen-bond donors (Lipinski definition) is 0. The highest BCUT2D eigenvalue weighted by Crippen LogP contribution is 2.52. The topological polar surface area (TPSA) is 67.8 Å². The van der Waals surface area contributed by atoms with Gasteiger partial charge in [-0.15, -0.1) is 5.21 Å². The van der Waals surface area contributed by atoms with E-state index < -0.39 is 7.60 Å². The van der Waals surface area contributed by atoms with E-state index in [-0.39, 0.29) is 18.7 Å². The summed E-state index contributed by atoms with van der Waals surface area (Å²) in [6.07, 6.45) is 0. The molecular weight excluding hydrogens is 253 g/mol. The number of aryl methyl sites for hydroxylation is 1. The number of hydrogen-bond acceptors (Lipinski definition) is 4. The van der Waals surface area contributed by atoms with Crippen molar-refractivity contribution in [1.82, 2.24) is 0 Å². The third-order valence-corrected chi connectivity index (χ3v) is 4.37. The molecule has 1 rings (SSSR count). The van der Waals surface area contributed by atoms with Gasteiger partial charge in [0.15, 0.2) is 0 Å². The molecule has 0 spiro atoms. The van der Waals surface area contributed by atoms with Crippen LogP contribution in [0.1, 0.15) is 25.0 Å². The van der Waals surface area contributed by atoms with Crippen molar-refractivity contribution in [3.05, 3.63) is 35.4 Å². The number of benzene rings is 1. The van der Waals surface area contributed by atoms with Gasteiger partial charge in [-0.1, -0.05) is 24.3 Å². The van der Waals surface area contributed by atoms with E-state index in [9.17, 15) is 9.77 Å². The van der Waals surface area contributed by atoms with Crippen LogP contribution in [0.5, 0.6) is 0 Å². The number of rotatable bonds is 6. The summed E-state index contributed by atoms with van der Waals surface area (Å²) in [5.74, 6) is 0. The van der Waals surface area contributed by atoms with E-state index in [0.29, 0.717) is 5.56 Å². The molecule has 1 aromatic rings. The van der Waals surface area contributed by atoms with E-state index >= 15 is 0 Å². The lowest BCUT2D eigenvalue weighted by Crippen LogP contribution is -2.10. The highest BCUT2D eigenvalue weighted by molar-refractivity contribution is 7.73. The Bertz CT molecular complexity index is 463. The van der Waals surface area contributed by atoms with Crippen molar-refractivity contribution in [2.24, 2.45) is 5.16 Å². The number of nitrogens with zero attached hydrogens (tertiary/aromatic N) is 1. The molecule has 0 aliphatic carbocycles. The maximum absolute atomic E-state index is 12.5. The summed E-state index contributed by atoms with van der Waals surface area (Å²) in [6, 6.07) is 7.06. The zero-order chi connectivity index (χ0) is 13.6. The molecule has 6 heteroatoms. The normalized spacial score (nSPS) is 12.7. The fraction of sp³-hybridized carbons (Fsp3) is 0.417. The predicted octanol–water partition coefficient (Wildman–Crippen LogP) is 3.35. The third kappa shape index (κ3) is 3.19. The first-order chi connectivity index (χ1) is 8.59. The van der Waals surface area contributed by atoms with Gasteiger partial charge in [0.05, 0.1) is 13.2 Å². The molecule has 18 heavy (non-hydrogen) atoms. The summed E-state index contributed by atoms with van der Waals surface area (Å²) < 4.78 is 22.8. The molecule has 0 fully saturated rings. The van der Waals surface area contributed by atoms with Crippen LogP contribution in [0.15, 0.2) is 29.4 Å². The predicted molar refractivity (Wildman–Crippen MR) is 69.3 cm³/mol. The third-order valence-electron chi connectivity index (χ3n) is 2.33. The van der Waals surface area contributed by atoms with Gasteiger partial charge < -0.3 is 9.05 Å². The highest BCUT2D eigenvalue weighted by atomic mass is 31.2. The van der Waals surface area contributed by atoms with Gasteiger partial charge in [-0.05, 0) is 31.5 Å². The molecule has 0 saturated carbocycles. The van der Waals surface area contributed by atoms with E-state index in [4.69, 9.17) is 9.05 Å². The van der Waals surface area contributed by atoms with Crippen LogP contribution in [0, 0.1) is 6.92 Å². The first-order valence-electron chi connectivity index (χ1n) is 5.75. The van der Waals surface area contributed by atoms with Gasteiger partial charge in [-0.3, -0.25) is 4.57 Å². The summed E-state index contributed by atoms with van der Waals surface area (Å²) in [5, 5.41) is 13.9. The molecule has 5 nitrogen and oxygen atoms in total. The average molecular weight is 270 g/mol. The average Bonchev–Trinajstić information content (AvgIpc) is 2.33. The smallest absolute Gasteiger partial charge is 0.304 e. The maximum atomic E-state index is 12.5. The van der Waals surface area contributed by atoms with E-state index in [1.54, 1.807) is 26.0 Å². The first-order valence-corrected chi connectivity index (χ1v) is 7.29. The summed E-state index contributed by atoms with van der Waals surface area (Å²) >= 11 is 0. The van der Waals surface area contributed by atoms with Crippen molar-refractivity contribution >= 4 is 13.0 Å². The molecule has 1 radical (unpaired) electrons. The quantitative estimate of drug-likeness (QED) is 0.452. The standard InChI is InChI=1S/C12H17NO4P/c1-4-16-18(15,17-5-2)12(13-14)11-9-7-6-8-10(11)3/h6-9H,4-5H2,1-3H3/b13-12-. The summed E-state index contributed by atoms with van der Waals surface area (Å²) in [6.45, 7) is 5.55. The summed E-state index contributed by atoms with van der Waals surface area (Å²) in [7, 11) is -3.64. The molecule has 0 N–H and O–H groups in total. The molecular formula is C12H17NO4P. The molecule has 0 unspecified atom stereocenters. The molecule has 0 aromatic heterocycles. The van der Waals surface area contributed by atoms with Crippen LogP contribution in [0.4, 0.5) is 0 Å². The lowest BCUT2D eigenvalue weighted by Gasteiger charge is -2.18. The zero-order valence-corrected chi connectivity index (χ0v) is 11.6. The van der Waals surface area contributed by atoms with Crippen LogP contribution >= 0.6 is 7.60 Å². The molecule has 0 atom stereocenters. The van der Waals surface area contributed by atoms with Gasteiger partial charge in [0.1, 0.15) is 0 Å². The van der Waals surface area contributed by atoms with Gasteiger partial charge in [0.25, 0.3) is 0 Å².